The van der Waals surface area contributed by atoms with E-state index < -0.39 is 0 Å². The molecule has 0 aromatic carbocycles. The summed E-state index contributed by atoms with van der Waals surface area (Å²) in [7, 11) is 4.78. The van der Waals surface area contributed by atoms with Gasteiger partial charge in [-0.05, 0) is 6.92 Å². The van der Waals surface area contributed by atoms with E-state index in [0.717, 1.165) is 0 Å². The third-order valence-corrected chi connectivity index (χ3v) is 0.136. The van der Waals surface area contributed by atoms with Gasteiger partial charge < -0.3 is 0 Å². The molecule has 0 N–H and O–H groups in total. The topological polar surface area (TPSA) is 0 Å². The Morgan fingerprint density at radius 3 is 2.00 bits per heavy atom. The van der Waals surface area contributed by atoms with Crippen LogP contribution in [0.2, 0.25) is 0 Å². The summed E-state index contributed by atoms with van der Waals surface area (Å²) >= 11 is 0. The zero-order valence-electron chi connectivity index (χ0n) is 2.44. The summed E-state index contributed by atoms with van der Waals surface area (Å²) < 4.78 is 0. The van der Waals surface area contributed by atoms with E-state index in [2.05, 4.69) is 6.92 Å². The van der Waals surface area contributed by atoms with Gasteiger partial charge in [-0.15, -0.1) is 5.98 Å². The predicted octanol–water partition coefficient (Wildman–Crippen LogP) is 0.503. The van der Waals surface area contributed by atoms with Gasteiger partial charge in [0.1, 0.15) is 7.85 Å². The maximum atomic E-state index is 4.78. The first-order valence-electron chi connectivity index (χ1n) is 1.07. The summed E-state index contributed by atoms with van der Waals surface area (Å²) in [6.07, 6.45) is 1.53. The van der Waals surface area contributed by atoms with E-state index in [0.29, 0.717) is 0 Å². The van der Waals surface area contributed by atoms with Crippen LogP contribution < -0.4 is 0 Å². The molecule has 0 fully saturated rings. The van der Waals surface area contributed by atoms with Crippen LogP contribution in [0.3, 0.4) is 0 Å². The number of allylic oxidation sites excluding steroid dienone is 1. The molecule has 0 saturated heterocycles. The molecule has 0 saturated carbocycles. The van der Waals surface area contributed by atoms with Crippen molar-refractivity contribution in [2.24, 2.45) is 0 Å². The molecule has 0 heterocycles. The third-order valence-electron chi connectivity index (χ3n) is 0.136. The lowest BCUT2D eigenvalue weighted by Crippen LogP contribution is -1.40. The standard InChI is InChI=1S/C3H4B/c1-2-3-4/h2-3H,1H2/b3-2+. The lowest BCUT2D eigenvalue weighted by Gasteiger charge is -1.48. The van der Waals surface area contributed by atoms with Gasteiger partial charge in [-0.25, -0.2) is 0 Å². The van der Waals surface area contributed by atoms with Gasteiger partial charge in [-0.1, -0.05) is 6.08 Å². The quantitative estimate of drug-likeness (QED) is 0.351. The molecule has 3 radical (unpaired) electrons. The Bertz CT molecular complexity index is 18.5. The normalized spacial score (nSPS) is 9.25. The fourth-order valence-corrected chi connectivity index (χ4v) is 0. The second-order valence-electron chi connectivity index (χ2n) is 0.428. The van der Waals surface area contributed by atoms with Crippen molar-refractivity contribution < 1.29 is 0 Å². The third kappa shape index (κ3) is 1.80. The van der Waals surface area contributed by atoms with Crippen LogP contribution in [0.25, 0.3) is 0 Å². The van der Waals surface area contributed by atoms with Crippen LogP contribution in [0.5, 0.6) is 0 Å². The van der Waals surface area contributed by atoms with E-state index in [9.17, 15) is 0 Å². The molecule has 0 aromatic heterocycles. The monoisotopic (exact) mass is 51.0 g/mol. The minimum atomic E-state index is 1.39. The molecule has 0 aromatic rings. The summed E-state index contributed by atoms with van der Waals surface area (Å²) in [5.74, 6) is 1.39. The van der Waals surface area contributed by atoms with Crippen LogP contribution in [0.15, 0.2) is 12.1 Å². The lowest BCUT2D eigenvalue weighted by molar-refractivity contribution is 2.15. The van der Waals surface area contributed by atoms with Crippen molar-refractivity contribution in [2.45, 2.75) is 0 Å². The minimum absolute atomic E-state index is 1.39. The molecular weight excluding hydrogens is 46.8 g/mol. The van der Waals surface area contributed by atoms with E-state index in [1.165, 1.54) is 12.1 Å². The van der Waals surface area contributed by atoms with Crippen LogP contribution in [0, 0.1) is 6.92 Å². The molecule has 0 bridgehead atoms. The average Bonchev–Trinajstić information content (AvgIpc) is 1.37. The average molecular weight is 50.9 g/mol. The number of hydrogen-bond donors (Lipinski definition) is 0. The molecule has 1 heteroatoms. The molecule has 0 rings (SSSR count). The van der Waals surface area contributed by atoms with Gasteiger partial charge in [0, 0.05) is 0 Å². The Balaban J connectivity index is 2.55. The highest BCUT2D eigenvalue weighted by molar-refractivity contribution is 6.16. The first-order valence-corrected chi connectivity index (χ1v) is 1.07. The summed E-state index contributed by atoms with van der Waals surface area (Å²) in [5.41, 5.74) is 0. The largest absolute Gasteiger partial charge is 0.135 e. The first kappa shape index (κ1) is 3.80. The SMILES string of the molecule is [B]/C=C/[CH2]. The van der Waals surface area contributed by atoms with Gasteiger partial charge >= 0.3 is 0 Å². The van der Waals surface area contributed by atoms with Crippen molar-refractivity contribution in [3.8, 4) is 0 Å². The van der Waals surface area contributed by atoms with Crippen LogP contribution in [0.1, 0.15) is 0 Å². The molecule has 4 heavy (non-hydrogen) atoms. The fourth-order valence-electron chi connectivity index (χ4n) is 0. The molecule has 0 nitrogen and oxygen atoms in total. The number of hydrogen-bond acceptors (Lipinski definition) is 0. The molecule has 0 amide bonds. The van der Waals surface area contributed by atoms with Gasteiger partial charge in [-0.2, -0.15) is 0 Å². The van der Waals surface area contributed by atoms with E-state index in [1.54, 1.807) is 0 Å². The predicted molar refractivity (Wildman–Crippen MR) is 20.3 cm³/mol. The van der Waals surface area contributed by atoms with Crippen molar-refractivity contribution in [3.63, 3.8) is 0 Å². The molecule has 0 unspecified atom stereocenters. The lowest BCUT2D eigenvalue weighted by atomic mass is 10.1. The molecule has 19 valence electrons. The Kier molecular flexibility index (Phi) is 2.67. The van der Waals surface area contributed by atoms with Gasteiger partial charge in [0.05, 0.1) is 0 Å². The summed E-state index contributed by atoms with van der Waals surface area (Å²) in [6, 6.07) is 0. The first-order chi connectivity index (χ1) is 1.91. The van der Waals surface area contributed by atoms with Crippen LogP contribution in [-0.4, -0.2) is 7.85 Å². The Hall–Kier alpha value is -0.195. The zero-order chi connectivity index (χ0) is 3.41. The van der Waals surface area contributed by atoms with Gasteiger partial charge in [0.25, 0.3) is 0 Å². The highest BCUT2D eigenvalue weighted by Gasteiger charge is 1.35. The Labute approximate surface area is 27.9 Å². The number of rotatable bonds is 0. The van der Waals surface area contributed by atoms with E-state index in [-0.39, 0.29) is 0 Å². The molecule has 0 aliphatic rings. The Morgan fingerprint density at radius 2 is 2.00 bits per heavy atom. The Morgan fingerprint density at radius 1 is 1.75 bits per heavy atom. The van der Waals surface area contributed by atoms with Crippen molar-refractivity contribution in [1.29, 1.82) is 0 Å². The molecule has 0 aliphatic carbocycles. The summed E-state index contributed by atoms with van der Waals surface area (Å²) in [5, 5.41) is 0. The minimum Gasteiger partial charge on any atom is -0.135 e. The highest BCUT2D eigenvalue weighted by atomic mass is 13.3. The maximum Gasteiger partial charge on any atom is 0.102 e. The maximum absolute atomic E-state index is 4.78. The summed E-state index contributed by atoms with van der Waals surface area (Å²) in [6.45, 7) is 3.30. The van der Waals surface area contributed by atoms with Crippen LogP contribution in [0.4, 0.5) is 0 Å². The molecular formula is C3H4B. The van der Waals surface area contributed by atoms with Gasteiger partial charge in [-0.3, -0.25) is 0 Å². The van der Waals surface area contributed by atoms with E-state index in [1.807, 2.05) is 0 Å². The van der Waals surface area contributed by atoms with Crippen LogP contribution in [-0.2, 0) is 0 Å². The zero-order valence-corrected chi connectivity index (χ0v) is 2.44. The van der Waals surface area contributed by atoms with E-state index >= 15 is 0 Å². The van der Waals surface area contributed by atoms with Crippen molar-refractivity contribution in [1.82, 2.24) is 0 Å². The molecule has 0 spiro atoms. The summed E-state index contributed by atoms with van der Waals surface area (Å²) in [4.78, 5) is 0. The molecule has 0 atom stereocenters. The van der Waals surface area contributed by atoms with Crippen molar-refractivity contribution in [2.75, 3.05) is 0 Å². The highest BCUT2D eigenvalue weighted by Crippen LogP contribution is 1.49. The van der Waals surface area contributed by atoms with Crippen LogP contribution >= 0.6 is 0 Å². The van der Waals surface area contributed by atoms with Gasteiger partial charge in [0.15, 0.2) is 0 Å². The smallest absolute Gasteiger partial charge is 0.102 e. The second kappa shape index (κ2) is 2.80. The van der Waals surface area contributed by atoms with E-state index in [4.69, 9.17) is 7.85 Å². The molecule has 0 aliphatic heterocycles. The van der Waals surface area contributed by atoms with Crippen molar-refractivity contribution in [3.05, 3.63) is 19.0 Å². The second-order valence-corrected chi connectivity index (χ2v) is 0.428. The fraction of sp³-hybridized carbons (Fsp3) is 0. The van der Waals surface area contributed by atoms with Crippen molar-refractivity contribution >= 4 is 7.85 Å². The van der Waals surface area contributed by atoms with Gasteiger partial charge in [0.2, 0.25) is 0 Å².